The number of hydrogen-bond acceptors (Lipinski definition) is 6. The lowest BCUT2D eigenvalue weighted by atomic mass is 10.1. The zero-order valence-corrected chi connectivity index (χ0v) is 17.2. The maximum absolute atomic E-state index is 13.1. The molecule has 0 unspecified atom stereocenters. The molecule has 0 spiro atoms. The van der Waals surface area contributed by atoms with Gasteiger partial charge in [0.15, 0.2) is 6.61 Å². The fraction of sp³-hybridized carbons (Fsp3) is 0.316. The largest absolute Gasteiger partial charge is 0.456 e. The molecular weight excluding hydrogens is 439 g/mol. The first-order valence-electron chi connectivity index (χ1n) is 9.05. The van der Waals surface area contributed by atoms with Crippen molar-refractivity contribution in [3.05, 3.63) is 52.1 Å². The number of carbonyl (C=O) groups is 2. The van der Waals surface area contributed by atoms with Gasteiger partial charge >= 0.3 is 12.1 Å². The van der Waals surface area contributed by atoms with Gasteiger partial charge in [0, 0.05) is 17.8 Å². The topological polar surface area (TPSA) is 98.5 Å². The molecule has 0 atom stereocenters. The van der Waals surface area contributed by atoms with Gasteiger partial charge in [-0.3, -0.25) is 9.59 Å². The van der Waals surface area contributed by atoms with Crippen LogP contribution in [0.5, 0.6) is 0 Å². The highest BCUT2D eigenvalue weighted by molar-refractivity contribution is 6.34. The maximum atomic E-state index is 13.1. The van der Waals surface area contributed by atoms with Gasteiger partial charge in [-0.1, -0.05) is 17.7 Å². The number of nitrogens with one attached hydrogen (secondary N) is 1. The van der Waals surface area contributed by atoms with Gasteiger partial charge in [-0.2, -0.15) is 23.3 Å². The summed E-state index contributed by atoms with van der Waals surface area (Å²) >= 11 is 5.78. The van der Waals surface area contributed by atoms with Crippen molar-refractivity contribution in [1.29, 1.82) is 0 Å². The number of fused-ring (bicyclic) bond motifs is 1. The molecule has 8 nitrogen and oxygen atoms in total. The van der Waals surface area contributed by atoms with E-state index < -0.39 is 35.9 Å². The molecule has 164 valence electrons. The van der Waals surface area contributed by atoms with Crippen molar-refractivity contribution in [3.63, 3.8) is 0 Å². The average molecular weight is 456 g/mol. The van der Waals surface area contributed by atoms with Crippen LogP contribution in [0.15, 0.2) is 24.5 Å². The minimum Gasteiger partial charge on any atom is -0.456 e. The summed E-state index contributed by atoms with van der Waals surface area (Å²) < 4.78 is 45.7. The van der Waals surface area contributed by atoms with Crippen LogP contribution in [-0.2, 0) is 26.9 Å². The van der Waals surface area contributed by atoms with E-state index >= 15 is 0 Å². The Morgan fingerprint density at radius 1 is 1.26 bits per heavy atom. The molecule has 1 aromatic carbocycles. The number of nitrogens with zero attached hydrogens (tertiary/aromatic N) is 4. The van der Waals surface area contributed by atoms with E-state index in [1.165, 1.54) is 12.4 Å². The van der Waals surface area contributed by atoms with Crippen molar-refractivity contribution in [2.75, 3.05) is 11.9 Å². The predicted octanol–water partition coefficient (Wildman–Crippen LogP) is 3.53. The van der Waals surface area contributed by atoms with E-state index in [1.807, 2.05) is 6.92 Å². The quantitative estimate of drug-likeness (QED) is 0.571. The van der Waals surface area contributed by atoms with Crippen molar-refractivity contribution in [3.8, 4) is 0 Å². The van der Waals surface area contributed by atoms with Gasteiger partial charge in [0.25, 0.3) is 11.7 Å². The Labute approximate surface area is 179 Å². The number of esters is 1. The molecule has 0 bridgehead atoms. The maximum Gasteiger partial charge on any atom is 0.418 e. The number of benzene rings is 1. The van der Waals surface area contributed by atoms with Crippen LogP contribution in [0.3, 0.4) is 0 Å². The molecule has 0 saturated carbocycles. The second kappa shape index (κ2) is 8.88. The third kappa shape index (κ3) is 5.10. The van der Waals surface area contributed by atoms with Gasteiger partial charge in [0.1, 0.15) is 6.33 Å². The summed E-state index contributed by atoms with van der Waals surface area (Å²) in [6.07, 6.45) is -3.12. The van der Waals surface area contributed by atoms with Gasteiger partial charge in [0.2, 0.25) is 0 Å². The van der Waals surface area contributed by atoms with Crippen molar-refractivity contribution in [2.45, 2.75) is 32.9 Å². The minimum absolute atomic E-state index is 0.0588. The number of para-hydroxylation sites is 1. The van der Waals surface area contributed by atoms with Gasteiger partial charge in [-0.15, -0.1) is 0 Å². The van der Waals surface area contributed by atoms with E-state index in [-0.39, 0.29) is 17.9 Å². The summed E-state index contributed by atoms with van der Waals surface area (Å²) in [6, 6.07) is 3.12. The lowest BCUT2D eigenvalue weighted by molar-refractivity contribution is -0.147. The molecule has 0 aliphatic heterocycles. The number of rotatable bonds is 6. The second-order valence-corrected chi connectivity index (χ2v) is 7.01. The average Bonchev–Trinajstić information content (AvgIpc) is 3.15. The third-order valence-electron chi connectivity index (χ3n) is 4.52. The van der Waals surface area contributed by atoms with Crippen molar-refractivity contribution >= 4 is 34.9 Å². The molecule has 2 aromatic heterocycles. The van der Waals surface area contributed by atoms with Crippen molar-refractivity contribution in [1.82, 2.24) is 19.6 Å². The molecule has 0 saturated heterocycles. The van der Waals surface area contributed by atoms with E-state index in [4.69, 9.17) is 16.3 Å². The first-order chi connectivity index (χ1) is 14.6. The zero-order valence-electron chi connectivity index (χ0n) is 16.5. The molecule has 3 aromatic rings. The summed E-state index contributed by atoms with van der Waals surface area (Å²) in [5.74, 6) is -1.19. The number of carbonyl (C=O) groups excluding carboxylic acids is 2. The van der Waals surface area contributed by atoms with Crippen LogP contribution in [0.1, 0.15) is 28.9 Å². The van der Waals surface area contributed by atoms with Crippen LogP contribution in [-0.4, -0.2) is 38.1 Å². The van der Waals surface area contributed by atoms with Crippen LogP contribution in [0.4, 0.5) is 18.9 Å². The summed E-state index contributed by atoms with van der Waals surface area (Å²) in [4.78, 5) is 32.4. The standard InChI is InChI=1S/C19H17ClF3N5O3/c1-10-12(11(2)28-18(26-10)24-9-25-28)6-7-16(30)31-8-15(29)27-17-13(19(21,22)23)4-3-5-14(17)20/h3-5,9H,6-8H2,1-2H3,(H,27,29). The van der Waals surface area contributed by atoms with Crippen molar-refractivity contribution < 1.29 is 27.5 Å². The van der Waals surface area contributed by atoms with Crippen LogP contribution in [0.2, 0.25) is 5.02 Å². The number of aromatic nitrogens is 4. The van der Waals surface area contributed by atoms with Crippen LogP contribution >= 0.6 is 11.6 Å². The smallest absolute Gasteiger partial charge is 0.418 e. The highest BCUT2D eigenvalue weighted by Gasteiger charge is 2.34. The number of aryl methyl sites for hydroxylation is 2. The summed E-state index contributed by atoms with van der Waals surface area (Å²) in [5, 5.41) is 5.83. The number of alkyl halides is 3. The van der Waals surface area contributed by atoms with Crippen LogP contribution in [0, 0.1) is 13.8 Å². The Bertz CT molecular complexity index is 1150. The van der Waals surface area contributed by atoms with Gasteiger partial charge in [-0.05, 0) is 38.0 Å². The SMILES string of the molecule is Cc1nc2ncnn2c(C)c1CCC(=O)OCC(=O)Nc1c(Cl)cccc1C(F)(F)F. The zero-order chi connectivity index (χ0) is 22.8. The molecule has 0 aliphatic carbocycles. The third-order valence-corrected chi connectivity index (χ3v) is 4.83. The highest BCUT2D eigenvalue weighted by Crippen LogP contribution is 2.38. The lowest BCUT2D eigenvalue weighted by Gasteiger charge is -2.15. The van der Waals surface area contributed by atoms with E-state index in [9.17, 15) is 22.8 Å². The molecule has 0 radical (unpaired) electrons. The molecule has 1 amide bonds. The number of ether oxygens (including phenoxy) is 1. The van der Waals surface area contributed by atoms with E-state index in [0.717, 1.165) is 23.4 Å². The molecule has 0 fully saturated rings. The Hall–Kier alpha value is -3.21. The fourth-order valence-electron chi connectivity index (χ4n) is 3.03. The summed E-state index contributed by atoms with van der Waals surface area (Å²) in [6.45, 7) is 2.84. The monoisotopic (exact) mass is 455 g/mol. The molecule has 12 heteroatoms. The number of halogens is 4. The molecule has 2 heterocycles. The lowest BCUT2D eigenvalue weighted by Crippen LogP contribution is -2.23. The van der Waals surface area contributed by atoms with E-state index in [1.54, 1.807) is 11.4 Å². The molecule has 3 rings (SSSR count). The normalized spacial score (nSPS) is 11.5. The fourth-order valence-corrected chi connectivity index (χ4v) is 3.25. The van der Waals surface area contributed by atoms with Gasteiger partial charge < -0.3 is 10.1 Å². The Kier molecular flexibility index (Phi) is 6.44. The Morgan fingerprint density at radius 2 is 2.00 bits per heavy atom. The highest BCUT2D eigenvalue weighted by atomic mass is 35.5. The summed E-state index contributed by atoms with van der Waals surface area (Å²) in [5.41, 5.74) is 0.550. The van der Waals surface area contributed by atoms with Crippen molar-refractivity contribution in [2.24, 2.45) is 0 Å². The predicted molar refractivity (Wildman–Crippen MR) is 105 cm³/mol. The Morgan fingerprint density at radius 3 is 2.71 bits per heavy atom. The Balaban J connectivity index is 1.58. The van der Waals surface area contributed by atoms with Crippen LogP contribution in [0.25, 0.3) is 5.78 Å². The first kappa shape index (κ1) is 22.5. The second-order valence-electron chi connectivity index (χ2n) is 6.60. The number of hydrogen-bond donors (Lipinski definition) is 1. The number of anilines is 1. The number of amides is 1. The summed E-state index contributed by atoms with van der Waals surface area (Å²) in [7, 11) is 0. The first-order valence-corrected chi connectivity index (χ1v) is 9.42. The van der Waals surface area contributed by atoms with Gasteiger partial charge in [-0.25, -0.2) is 9.50 Å². The minimum atomic E-state index is -4.71. The molecular formula is C19H17ClF3N5O3. The van der Waals surface area contributed by atoms with E-state index in [0.29, 0.717) is 11.5 Å². The van der Waals surface area contributed by atoms with E-state index in [2.05, 4.69) is 20.4 Å². The van der Waals surface area contributed by atoms with Gasteiger partial charge in [0.05, 0.1) is 16.3 Å². The molecule has 0 aliphatic rings. The molecule has 1 N–H and O–H groups in total. The molecule has 31 heavy (non-hydrogen) atoms. The van der Waals surface area contributed by atoms with Crippen LogP contribution < -0.4 is 5.32 Å².